The van der Waals surface area contributed by atoms with Crippen molar-refractivity contribution in [3.63, 3.8) is 0 Å². The van der Waals surface area contributed by atoms with Crippen molar-refractivity contribution in [2.45, 2.75) is 70.5 Å². The van der Waals surface area contributed by atoms with E-state index in [0.29, 0.717) is 12.2 Å². The predicted octanol–water partition coefficient (Wildman–Crippen LogP) is 3.47. The summed E-state index contributed by atoms with van der Waals surface area (Å²) in [4.78, 5) is 2.68. The molecule has 1 aliphatic carbocycles. The van der Waals surface area contributed by atoms with Crippen LogP contribution in [0.1, 0.15) is 58.3 Å². The van der Waals surface area contributed by atoms with Gasteiger partial charge < -0.3 is 15.0 Å². The van der Waals surface area contributed by atoms with Gasteiger partial charge in [-0.1, -0.05) is 6.92 Å². The first-order valence-corrected chi connectivity index (χ1v) is 9.38. The zero-order chi connectivity index (χ0) is 14.5. The van der Waals surface area contributed by atoms with Gasteiger partial charge in [-0.05, 0) is 76.3 Å². The van der Waals surface area contributed by atoms with Crippen molar-refractivity contribution in [3.8, 4) is 0 Å². The maximum Gasteiger partial charge on any atom is 0.0603 e. The molecule has 0 aromatic heterocycles. The molecule has 0 bridgehead atoms. The third-order valence-electron chi connectivity index (χ3n) is 5.80. The minimum Gasteiger partial charge on any atom is -0.375 e. The maximum atomic E-state index is 6.38. The molecule has 2 aliphatic heterocycles. The number of nitrogens with zero attached hydrogens (tertiary/aromatic N) is 1. The summed E-state index contributed by atoms with van der Waals surface area (Å²) >= 11 is 0. The average Bonchev–Trinajstić information content (AvgIpc) is 2.53. The standard InChI is InChI=1S/C18H34N2O.ClH/c1-15-4-6-17(7-5-15)21-18-8-11-20(12-9-18)14-16-3-2-10-19-13-16;/h15-19H,2-14H2,1H3;1H. The molecule has 2 saturated heterocycles. The van der Waals surface area contributed by atoms with Crippen LogP contribution in [0.25, 0.3) is 0 Å². The zero-order valence-electron chi connectivity index (χ0n) is 14.3. The summed E-state index contributed by atoms with van der Waals surface area (Å²) in [5, 5.41) is 3.54. The Balaban J connectivity index is 0.00000176. The molecular weight excluding hydrogens is 296 g/mol. The van der Waals surface area contributed by atoms with E-state index in [1.54, 1.807) is 0 Å². The normalized spacial score (nSPS) is 35.0. The van der Waals surface area contributed by atoms with E-state index in [2.05, 4.69) is 17.1 Å². The molecule has 3 nitrogen and oxygen atoms in total. The van der Waals surface area contributed by atoms with Crippen LogP contribution >= 0.6 is 12.4 Å². The van der Waals surface area contributed by atoms with Crippen LogP contribution in [0.3, 0.4) is 0 Å². The highest BCUT2D eigenvalue weighted by Crippen LogP contribution is 2.28. The molecule has 22 heavy (non-hydrogen) atoms. The fourth-order valence-electron chi connectivity index (χ4n) is 4.31. The van der Waals surface area contributed by atoms with Crippen molar-refractivity contribution in [2.24, 2.45) is 11.8 Å². The molecule has 1 N–H and O–H groups in total. The SMILES string of the molecule is CC1CCC(OC2CCN(CC3CCCNC3)CC2)CC1.Cl. The number of nitrogens with one attached hydrogen (secondary N) is 1. The number of likely N-dealkylation sites (tertiary alicyclic amines) is 1. The van der Waals surface area contributed by atoms with Crippen molar-refractivity contribution in [1.82, 2.24) is 10.2 Å². The lowest BCUT2D eigenvalue weighted by atomic mass is 9.88. The third kappa shape index (κ3) is 5.67. The van der Waals surface area contributed by atoms with Gasteiger partial charge in [0.05, 0.1) is 12.2 Å². The van der Waals surface area contributed by atoms with Crippen molar-refractivity contribution < 1.29 is 4.74 Å². The van der Waals surface area contributed by atoms with E-state index in [1.807, 2.05) is 0 Å². The van der Waals surface area contributed by atoms with Gasteiger partial charge in [0.25, 0.3) is 0 Å². The topological polar surface area (TPSA) is 24.5 Å². The number of piperidine rings is 2. The van der Waals surface area contributed by atoms with Gasteiger partial charge >= 0.3 is 0 Å². The number of hydrogen-bond donors (Lipinski definition) is 1. The van der Waals surface area contributed by atoms with Crippen LogP contribution in [0, 0.1) is 11.8 Å². The van der Waals surface area contributed by atoms with E-state index in [0.717, 1.165) is 11.8 Å². The first kappa shape index (κ1) is 18.5. The lowest BCUT2D eigenvalue weighted by Gasteiger charge is -2.37. The molecular formula is C18H35ClN2O. The molecule has 0 aromatic rings. The summed E-state index contributed by atoms with van der Waals surface area (Å²) in [5.74, 6) is 1.81. The van der Waals surface area contributed by atoms with Crippen LogP contribution in [-0.4, -0.2) is 49.8 Å². The molecule has 3 rings (SSSR count). The second kappa shape index (κ2) is 9.46. The van der Waals surface area contributed by atoms with Gasteiger partial charge in [-0.15, -0.1) is 12.4 Å². The average molecular weight is 331 g/mol. The summed E-state index contributed by atoms with van der Waals surface area (Å²) in [7, 11) is 0. The predicted molar refractivity (Wildman–Crippen MR) is 94.8 cm³/mol. The van der Waals surface area contributed by atoms with Gasteiger partial charge in [-0.2, -0.15) is 0 Å². The summed E-state index contributed by atoms with van der Waals surface area (Å²) in [6, 6.07) is 0. The van der Waals surface area contributed by atoms with Gasteiger partial charge in [0.2, 0.25) is 0 Å². The summed E-state index contributed by atoms with van der Waals surface area (Å²) in [5.41, 5.74) is 0. The van der Waals surface area contributed by atoms with Crippen molar-refractivity contribution >= 4 is 12.4 Å². The van der Waals surface area contributed by atoms with Gasteiger partial charge in [0.15, 0.2) is 0 Å². The summed E-state index contributed by atoms with van der Waals surface area (Å²) in [6.45, 7) is 8.66. The Kier molecular flexibility index (Phi) is 7.96. The van der Waals surface area contributed by atoms with Gasteiger partial charge in [0.1, 0.15) is 0 Å². The molecule has 4 heteroatoms. The molecule has 0 aromatic carbocycles. The van der Waals surface area contributed by atoms with E-state index in [9.17, 15) is 0 Å². The van der Waals surface area contributed by atoms with Crippen molar-refractivity contribution in [3.05, 3.63) is 0 Å². The van der Waals surface area contributed by atoms with Crippen molar-refractivity contribution in [2.75, 3.05) is 32.7 Å². The fraction of sp³-hybridized carbons (Fsp3) is 1.00. The van der Waals surface area contributed by atoms with Crippen molar-refractivity contribution in [1.29, 1.82) is 0 Å². The Morgan fingerprint density at radius 3 is 2.27 bits per heavy atom. The van der Waals surface area contributed by atoms with Gasteiger partial charge in [0, 0.05) is 19.6 Å². The number of halogens is 1. The smallest absolute Gasteiger partial charge is 0.0603 e. The molecule has 2 heterocycles. The minimum absolute atomic E-state index is 0. The van der Waals surface area contributed by atoms with E-state index in [4.69, 9.17) is 4.74 Å². The molecule has 3 aliphatic rings. The molecule has 1 saturated carbocycles. The quantitative estimate of drug-likeness (QED) is 0.854. The number of ether oxygens (including phenoxy) is 1. The third-order valence-corrected chi connectivity index (χ3v) is 5.80. The van der Waals surface area contributed by atoms with Crippen LogP contribution < -0.4 is 5.32 Å². The number of hydrogen-bond acceptors (Lipinski definition) is 3. The summed E-state index contributed by atoms with van der Waals surface area (Å²) in [6.07, 6.45) is 11.8. The van der Waals surface area contributed by atoms with Crippen LogP contribution in [-0.2, 0) is 4.74 Å². The van der Waals surface area contributed by atoms with Gasteiger partial charge in [-0.3, -0.25) is 0 Å². The highest BCUT2D eigenvalue weighted by Gasteiger charge is 2.26. The number of rotatable bonds is 4. The lowest BCUT2D eigenvalue weighted by Crippen LogP contribution is -2.43. The highest BCUT2D eigenvalue weighted by molar-refractivity contribution is 5.85. The maximum absolute atomic E-state index is 6.38. The Hall–Kier alpha value is 0.170. The molecule has 1 atom stereocenters. The van der Waals surface area contributed by atoms with Crippen LogP contribution in [0.5, 0.6) is 0 Å². The van der Waals surface area contributed by atoms with Gasteiger partial charge in [-0.25, -0.2) is 0 Å². The monoisotopic (exact) mass is 330 g/mol. The first-order valence-electron chi connectivity index (χ1n) is 9.38. The Morgan fingerprint density at radius 2 is 1.64 bits per heavy atom. The fourth-order valence-corrected chi connectivity index (χ4v) is 4.31. The molecule has 0 amide bonds. The largest absolute Gasteiger partial charge is 0.375 e. The molecule has 1 unspecified atom stereocenters. The van der Waals surface area contributed by atoms with E-state index in [1.165, 1.54) is 84.1 Å². The summed E-state index contributed by atoms with van der Waals surface area (Å²) < 4.78 is 6.38. The molecule has 0 radical (unpaired) electrons. The Morgan fingerprint density at radius 1 is 0.955 bits per heavy atom. The Labute approximate surface area is 143 Å². The minimum atomic E-state index is 0. The van der Waals surface area contributed by atoms with E-state index >= 15 is 0 Å². The van der Waals surface area contributed by atoms with E-state index in [-0.39, 0.29) is 12.4 Å². The van der Waals surface area contributed by atoms with Crippen LogP contribution in [0.4, 0.5) is 0 Å². The van der Waals surface area contributed by atoms with Crippen LogP contribution in [0.2, 0.25) is 0 Å². The highest BCUT2D eigenvalue weighted by atomic mass is 35.5. The Bertz CT molecular complexity index is 293. The first-order chi connectivity index (χ1) is 10.3. The zero-order valence-corrected chi connectivity index (χ0v) is 15.1. The molecule has 0 spiro atoms. The molecule has 130 valence electrons. The van der Waals surface area contributed by atoms with E-state index < -0.39 is 0 Å². The van der Waals surface area contributed by atoms with Crippen LogP contribution in [0.15, 0.2) is 0 Å². The second-order valence-electron chi connectivity index (χ2n) is 7.73. The lowest BCUT2D eigenvalue weighted by molar-refractivity contribution is -0.0613. The second-order valence-corrected chi connectivity index (χ2v) is 7.73. The molecule has 3 fully saturated rings.